The van der Waals surface area contributed by atoms with Gasteiger partial charge in [0.25, 0.3) is 0 Å². The third-order valence-corrected chi connectivity index (χ3v) is 3.74. The van der Waals surface area contributed by atoms with Crippen molar-refractivity contribution >= 4 is 8.03 Å². The molecule has 1 saturated carbocycles. The van der Waals surface area contributed by atoms with Crippen LogP contribution >= 0.6 is 8.03 Å². The van der Waals surface area contributed by atoms with E-state index in [0.717, 1.165) is 18.8 Å². The first-order valence-electron chi connectivity index (χ1n) is 5.57. The van der Waals surface area contributed by atoms with Crippen LogP contribution in [0.3, 0.4) is 0 Å². The molecule has 1 rings (SSSR count). The molecule has 3 N–H and O–H groups in total. The first-order chi connectivity index (χ1) is 6.68. The second kappa shape index (κ2) is 6.49. The highest BCUT2D eigenvalue weighted by molar-refractivity contribution is 7.37. The molecule has 0 aromatic carbocycles. The van der Waals surface area contributed by atoms with Crippen LogP contribution in [0.2, 0.25) is 0 Å². The van der Waals surface area contributed by atoms with Crippen LogP contribution in [0.15, 0.2) is 0 Å². The summed E-state index contributed by atoms with van der Waals surface area (Å²) in [5.41, 5.74) is 5.82. The molecule has 0 aromatic rings. The van der Waals surface area contributed by atoms with Crippen molar-refractivity contribution in [3.63, 3.8) is 0 Å². The van der Waals surface area contributed by atoms with Crippen molar-refractivity contribution in [3.05, 3.63) is 0 Å². The monoisotopic (exact) mass is 218 g/mol. The van der Waals surface area contributed by atoms with Crippen LogP contribution < -0.4 is 5.73 Å². The predicted octanol–water partition coefficient (Wildman–Crippen LogP) is 2.41. The molecule has 0 spiro atoms. The fourth-order valence-electron chi connectivity index (χ4n) is 2.23. The van der Waals surface area contributed by atoms with Crippen LogP contribution in [-0.2, 0) is 4.57 Å². The topological polar surface area (TPSA) is 63.3 Å². The molecule has 3 nitrogen and oxygen atoms in total. The summed E-state index contributed by atoms with van der Waals surface area (Å²) in [6.07, 6.45) is 8.57. The molecular weight excluding hydrogens is 197 g/mol. The van der Waals surface area contributed by atoms with Crippen molar-refractivity contribution in [2.24, 2.45) is 11.7 Å². The lowest BCUT2D eigenvalue weighted by molar-refractivity contribution is 0.462. The fourth-order valence-corrected chi connectivity index (χ4v) is 2.73. The Morgan fingerprint density at radius 1 is 1.29 bits per heavy atom. The Kier molecular flexibility index (Phi) is 5.61. The summed E-state index contributed by atoms with van der Waals surface area (Å²) < 4.78 is 10.4. The van der Waals surface area contributed by atoms with E-state index in [4.69, 9.17) is 10.6 Å². The minimum Gasteiger partial charge on any atom is -0.328 e. The quantitative estimate of drug-likeness (QED) is 0.531. The van der Waals surface area contributed by atoms with Crippen LogP contribution in [0.5, 0.6) is 0 Å². The highest BCUT2D eigenvalue weighted by Gasteiger charge is 2.20. The number of hydrogen-bond donors (Lipinski definition) is 2. The minimum atomic E-state index is -1.90. The van der Waals surface area contributed by atoms with Gasteiger partial charge in [-0.25, -0.2) is 0 Å². The highest BCUT2D eigenvalue weighted by Crippen LogP contribution is 2.28. The second-order valence-electron chi connectivity index (χ2n) is 4.36. The van der Waals surface area contributed by atoms with Gasteiger partial charge in [0.15, 0.2) is 6.16 Å². The molecule has 0 aliphatic heterocycles. The van der Waals surface area contributed by atoms with Crippen molar-refractivity contribution in [1.29, 1.82) is 0 Å². The van der Waals surface area contributed by atoms with Crippen LogP contribution in [0.1, 0.15) is 44.9 Å². The highest BCUT2D eigenvalue weighted by atomic mass is 31.1. The third kappa shape index (κ3) is 5.04. The normalized spacial score (nSPS) is 28.0. The fraction of sp³-hybridized carbons (Fsp3) is 1.00. The lowest BCUT2D eigenvalue weighted by Crippen LogP contribution is -2.14. The number of rotatable bonds is 6. The average Bonchev–Trinajstić information content (AvgIpc) is 2.50. The van der Waals surface area contributed by atoms with Gasteiger partial charge in [0, 0.05) is 6.04 Å². The number of hydrogen-bond acceptors (Lipinski definition) is 2. The van der Waals surface area contributed by atoms with Crippen LogP contribution in [-0.4, -0.2) is 17.1 Å². The van der Waals surface area contributed by atoms with Gasteiger partial charge in [0.2, 0.25) is 0 Å². The molecule has 0 heterocycles. The van der Waals surface area contributed by atoms with E-state index in [-0.39, 0.29) is 0 Å². The van der Waals surface area contributed by atoms with Crippen molar-refractivity contribution in [2.45, 2.75) is 51.0 Å². The average molecular weight is 218 g/mol. The largest absolute Gasteiger partial charge is 0.505 e. The first kappa shape index (κ1) is 12.1. The van der Waals surface area contributed by atoms with Gasteiger partial charge in [-0.3, -0.25) is 0 Å². The molecular formula is C10H21NO2P+. The van der Waals surface area contributed by atoms with E-state index in [2.05, 4.69) is 0 Å². The molecule has 0 saturated heterocycles. The zero-order valence-electron chi connectivity index (χ0n) is 8.69. The summed E-state index contributed by atoms with van der Waals surface area (Å²) >= 11 is 0. The van der Waals surface area contributed by atoms with Gasteiger partial charge in [0.05, 0.1) is 0 Å². The van der Waals surface area contributed by atoms with E-state index >= 15 is 0 Å². The summed E-state index contributed by atoms with van der Waals surface area (Å²) in [6.45, 7) is 0. The summed E-state index contributed by atoms with van der Waals surface area (Å²) in [5, 5.41) is 0. The van der Waals surface area contributed by atoms with E-state index in [0.29, 0.717) is 12.2 Å². The Morgan fingerprint density at radius 3 is 2.64 bits per heavy atom. The maximum absolute atomic E-state index is 10.4. The standard InChI is InChI=1S/C10H20NO2P/c11-10-6-5-9(8-10)4-2-1-3-7-14(12)13/h9-10H,1-8,11H2/p+1/t9-,10-/m0/s1. The first-order valence-corrected chi connectivity index (χ1v) is 6.97. The van der Waals surface area contributed by atoms with Gasteiger partial charge in [-0.15, -0.1) is 0 Å². The molecule has 0 aromatic heterocycles. The molecule has 3 atom stereocenters. The van der Waals surface area contributed by atoms with Crippen molar-refractivity contribution < 1.29 is 9.46 Å². The molecule has 0 amide bonds. The zero-order chi connectivity index (χ0) is 10.4. The van der Waals surface area contributed by atoms with Crippen molar-refractivity contribution in [3.8, 4) is 0 Å². The lowest BCUT2D eigenvalue weighted by atomic mass is 10.00. The number of unbranched alkanes of at least 4 members (excludes halogenated alkanes) is 2. The predicted molar refractivity (Wildman–Crippen MR) is 58.5 cm³/mol. The Labute approximate surface area is 86.9 Å². The Morgan fingerprint density at radius 2 is 2.07 bits per heavy atom. The van der Waals surface area contributed by atoms with Crippen molar-refractivity contribution in [2.75, 3.05) is 6.16 Å². The Hall–Kier alpha value is 0.0200. The van der Waals surface area contributed by atoms with E-state index < -0.39 is 8.03 Å². The van der Waals surface area contributed by atoms with Gasteiger partial charge in [-0.05, 0) is 42.6 Å². The summed E-state index contributed by atoms with van der Waals surface area (Å²) in [5.74, 6) is 0.827. The van der Waals surface area contributed by atoms with Gasteiger partial charge in [-0.1, -0.05) is 12.8 Å². The molecule has 82 valence electrons. The summed E-state index contributed by atoms with van der Waals surface area (Å²) in [6, 6.07) is 0.437. The van der Waals surface area contributed by atoms with Gasteiger partial charge in [-0.2, -0.15) is 4.89 Å². The number of nitrogens with two attached hydrogens (primary N) is 1. The van der Waals surface area contributed by atoms with Crippen molar-refractivity contribution in [1.82, 2.24) is 0 Å². The van der Waals surface area contributed by atoms with E-state index in [1.54, 1.807) is 0 Å². The van der Waals surface area contributed by atoms with Gasteiger partial charge < -0.3 is 5.73 Å². The summed E-state index contributed by atoms with van der Waals surface area (Å²) in [7, 11) is -1.90. The van der Waals surface area contributed by atoms with Gasteiger partial charge in [0.1, 0.15) is 0 Å². The van der Waals surface area contributed by atoms with Crippen LogP contribution in [0.25, 0.3) is 0 Å². The van der Waals surface area contributed by atoms with E-state index in [9.17, 15) is 4.57 Å². The smallest absolute Gasteiger partial charge is 0.328 e. The Bertz CT molecular complexity index is 187. The molecule has 1 aliphatic rings. The van der Waals surface area contributed by atoms with Gasteiger partial charge >= 0.3 is 8.03 Å². The molecule has 0 bridgehead atoms. The second-order valence-corrected chi connectivity index (χ2v) is 5.52. The van der Waals surface area contributed by atoms with Crippen LogP contribution in [0, 0.1) is 5.92 Å². The van der Waals surface area contributed by atoms with E-state index in [1.807, 2.05) is 0 Å². The zero-order valence-corrected chi connectivity index (χ0v) is 9.59. The molecule has 0 radical (unpaired) electrons. The SMILES string of the molecule is N[C@H]1CC[C@H](CCCCC[P+](=O)O)C1. The molecule has 14 heavy (non-hydrogen) atoms. The molecule has 1 aliphatic carbocycles. The summed E-state index contributed by atoms with van der Waals surface area (Å²) in [4.78, 5) is 8.59. The van der Waals surface area contributed by atoms with Crippen LogP contribution in [0.4, 0.5) is 0 Å². The maximum Gasteiger partial charge on any atom is 0.505 e. The lowest BCUT2D eigenvalue weighted by Gasteiger charge is -2.07. The third-order valence-electron chi connectivity index (χ3n) is 3.04. The molecule has 1 fully saturated rings. The maximum atomic E-state index is 10.4. The Balaban J connectivity index is 1.91. The van der Waals surface area contributed by atoms with E-state index in [1.165, 1.54) is 32.1 Å². The minimum absolute atomic E-state index is 0.437. The molecule has 1 unspecified atom stereocenters. The molecule has 4 heteroatoms.